The summed E-state index contributed by atoms with van der Waals surface area (Å²) in [6.45, 7) is -0.224. The molecule has 2 aromatic carbocycles. The molecular formula is C16H15Cl2N3O3. The summed E-state index contributed by atoms with van der Waals surface area (Å²) in [4.78, 5) is 23.7. The van der Waals surface area contributed by atoms with Crippen LogP contribution in [-0.2, 0) is 4.79 Å². The van der Waals surface area contributed by atoms with Crippen molar-refractivity contribution in [2.75, 3.05) is 24.3 Å². The van der Waals surface area contributed by atoms with Gasteiger partial charge in [-0.2, -0.15) is 0 Å². The number of rotatable bonds is 5. The molecule has 6 nitrogen and oxygen atoms in total. The van der Waals surface area contributed by atoms with Gasteiger partial charge in [-0.25, -0.2) is 4.79 Å². The van der Waals surface area contributed by atoms with E-state index in [0.717, 1.165) is 0 Å². The van der Waals surface area contributed by atoms with Crippen LogP contribution in [0.1, 0.15) is 0 Å². The minimum atomic E-state index is -0.518. The van der Waals surface area contributed by atoms with Crippen molar-refractivity contribution in [2.24, 2.45) is 0 Å². The predicted molar refractivity (Wildman–Crippen MR) is 95.1 cm³/mol. The van der Waals surface area contributed by atoms with Crippen LogP contribution in [0.5, 0.6) is 5.75 Å². The highest BCUT2D eigenvalue weighted by Crippen LogP contribution is 2.25. The highest BCUT2D eigenvalue weighted by molar-refractivity contribution is 6.35. The Bertz CT molecular complexity index is 753. The number of ether oxygens (including phenoxy) is 1. The number of methoxy groups -OCH3 is 1. The number of carbonyl (C=O) groups is 2. The molecule has 24 heavy (non-hydrogen) atoms. The molecule has 0 aliphatic carbocycles. The average molecular weight is 368 g/mol. The first kappa shape index (κ1) is 17.9. The number of nitrogens with one attached hydrogen (secondary N) is 3. The van der Waals surface area contributed by atoms with E-state index in [9.17, 15) is 9.59 Å². The number of benzene rings is 2. The second-order valence-corrected chi connectivity index (χ2v) is 5.56. The van der Waals surface area contributed by atoms with Gasteiger partial charge in [-0.05, 0) is 30.3 Å². The summed E-state index contributed by atoms with van der Waals surface area (Å²) in [7, 11) is 1.53. The molecule has 0 aromatic heterocycles. The van der Waals surface area contributed by atoms with E-state index < -0.39 is 11.9 Å². The summed E-state index contributed by atoms with van der Waals surface area (Å²) in [5.41, 5.74) is 0.925. The molecule has 0 saturated carbocycles. The number of halogens is 2. The molecule has 0 atom stereocenters. The third-order valence-electron chi connectivity index (χ3n) is 2.94. The molecular weight excluding hydrogens is 353 g/mol. The first-order chi connectivity index (χ1) is 11.5. The second-order valence-electron chi connectivity index (χ2n) is 4.71. The molecule has 0 saturated heterocycles. The van der Waals surface area contributed by atoms with Crippen LogP contribution in [0.3, 0.4) is 0 Å². The van der Waals surface area contributed by atoms with Crippen LogP contribution in [-0.4, -0.2) is 25.6 Å². The molecule has 0 aliphatic heterocycles. The maximum Gasteiger partial charge on any atom is 0.319 e. The van der Waals surface area contributed by atoms with Crippen molar-refractivity contribution in [2.45, 2.75) is 0 Å². The second kappa shape index (κ2) is 8.42. The molecule has 0 unspecified atom stereocenters. The van der Waals surface area contributed by atoms with Gasteiger partial charge in [-0.15, -0.1) is 0 Å². The van der Waals surface area contributed by atoms with E-state index in [-0.39, 0.29) is 6.54 Å². The summed E-state index contributed by atoms with van der Waals surface area (Å²) in [6.07, 6.45) is 0. The molecule has 2 aromatic rings. The molecule has 0 fully saturated rings. The fraction of sp³-hybridized carbons (Fsp3) is 0.125. The lowest BCUT2D eigenvalue weighted by molar-refractivity contribution is -0.115. The van der Waals surface area contributed by atoms with Gasteiger partial charge < -0.3 is 20.7 Å². The highest BCUT2D eigenvalue weighted by atomic mass is 35.5. The molecule has 8 heteroatoms. The van der Waals surface area contributed by atoms with E-state index >= 15 is 0 Å². The van der Waals surface area contributed by atoms with Gasteiger partial charge in [0.1, 0.15) is 5.75 Å². The van der Waals surface area contributed by atoms with E-state index in [0.29, 0.717) is 27.2 Å². The van der Waals surface area contributed by atoms with Gasteiger partial charge in [0.05, 0.1) is 24.4 Å². The van der Waals surface area contributed by atoms with Crippen LogP contribution in [0.25, 0.3) is 0 Å². The van der Waals surface area contributed by atoms with E-state index in [1.165, 1.54) is 13.2 Å². The lowest BCUT2D eigenvalue weighted by Crippen LogP contribution is -2.35. The Kier molecular flexibility index (Phi) is 6.28. The maximum absolute atomic E-state index is 11.9. The first-order valence-electron chi connectivity index (χ1n) is 6.92. The van der Waals surface area contributed by atoms with Crippen LogP contribution in [0, 0.1) is 0 Å². The molecule has 2 rings (SSSR count). The number of hydrogen-bond acceptors (Lipinski definition) is 3. The largest absolute Gasteiger partial charge is 0.497 e. The third kappa shape index (κ3) is 5.33. The Labute approximate surface area is 149 Å². The number of anilines is 2. The van der Waals surface area contributed by atoms with Crippen molar-refractivity contribution in [3.05, 3.63) is 52.5 Å². The zero-order chi connectivity index (χ0) is 17.5. The fourth-order valence-electron chi connectivity index (χ4n) is 1.82. The van der Waals surface area contributed by atoms with Crippen LogP contribution < -0.4 is 20.7 Å². The summed E-state index contributed by atoms with van der Waals surface area (Å²) in [5, 5.41) is 8.41. The summed E-state index contributed by atoms with van der Waals surface area (Å²) < 4.78 is 5.06. The van der Waals surface area contributed by atoms with Gasteiger partial charge in [0.2, 0.25) is 5.91 Å². The van der Waals surface area contributed by atoms with E-state index in [2.05, 4.69) is 16.0 Å². The van der Waals surface area contributed by atoms with Crippen LogP contribution in [0.15, 0.2) is 42.5 Å². The third-order valence-corrected chi connectivity index (χ3v) is 3.50. The number of urea groups is 1. The molecule has 3 amide bonds. The lowest BCUT2D eigenvalue weighted by atomic mass is 10.3. The normalized spacial score (nSPS) is 9.96. The van der Waals surface area contributed by atoms with Crippen LogP contribution >= 0.6 is 23.2 Å². The Morgan fingerprint density at radius 2 is 1.88 bits per heavy atom. The summed E-state index contributed by atoms with van der Waals surface area (Å²) in [5.74, 6) is 0.182. The van der Waals surface area contributed by atoms with E-state index in [4.69, 9.17) is 27.9 Å². The minimum Gasteiger partial charge on any atom is -0.497 e. The number of hydrogen-bond donors (Lipinski definition) is 3. The topological polar surface area (TPSA) is 79.5 Å². The van der Waals surface area contributed by atoms with Crippen molar-refractivity contribution in [1.29, 1.82) is 0 Å². The smallest absolute Gasteiger partial charge is 0.319 e. The zero-order valence-electron chi connectivity index (χ0n) is 12.7. The van der Waals surface area contributed by atoms with Crippen LogP contribution in [0.4, 0.5) is 16.2 Å². The number of amides is 3. The standard InChI is InChI=1S/C16H15Cl2N3O3/c1-24-12-4-2-3-11(8-12)20-16(23)19-9-15(22)21-14-7-10(17)5-6-13(14)18/h2-8H,9H2,1H3,(H,21,22)(H2,19,20,23). The Morgan fingerprint density at radius 1 is 1.08 bits per heavy atom. The van der Waals surface area contributed by atoms with Crippen molar-refractivity contribution in [3.8, 4) is 5.75 Å². The quantitative estimate of drug-likeness (QED) is 0.752. The summed E-state index contributed by atoms with van der Waals surface area (Å²) in [6, 6.07) is 11.0. The van der Waals surface area contributed by atoms with Crippen LogP contribution in [0.2, 0.25) is 10.0 Å². The van der Waals surface area contributed by atoms with E-state index in [1.54, 1.807) is 36.4 Å². The zero-order valence-corrected chi connectivity index (χ0v) is 14.2. The lowest BCUT2D eigenvalue weighted by Gasteiger charge is -2.10. The van der Waals surface area contributed by atoms with Gasteiger partial charge >= 0.3 is 6.03 Å². The maximum atomic E-state index is 11.9. The Morgan fingerprint density at radius 3 is 2.62 bits per heavy atom. The van der Waals surface area contributed by atoms with Crippen molar-refractivity contribution in [3.63, 3.8) is 0 Å². The molecule has 0 heterocycles. The Hall–Kier alpha value is -2.44. The Balaban J connectivity index is 1.84. The molecule has 0 aliphatic rings. The first-order valence-corrected chi connectivity index (χ1v) is 7.67. The fourth-order valence-corrected chi connectivity index (χ4v) is 2.16. The minimum absolute atomic E-state index is 0.224. The van der Waals surface area contributed by atoms with Gasteiger partial charge in [0.25, 0.3) is 0 Å². The summed E-state index contributed by atoms with van der Waals surface area (Å²) >= 11 is 11.8. The van der Waals surface area contributed by atoms with Gasteiger partial charge in [-0.3, -0.25) is 4.79 Å². The van der Waals surface area contributed by atoms with E-state index in [1.807, 2.05) is 0 Å². The van der Waals surface area contributed by atoms with Crippen molar-refractivity contribution in [1.82, 2.24) is 5.32 Å². The van der Waals surface area contributed by atoms with Crippen molar-refractivity contribution < 1.29 is 14.3 Å². The molecule has 0 bridgehead atoms. The SMILES string of the molecule is COc1cccc(NC(=O)NCC(=O)Nc2cc(Cl)ccc2Cl)c1. The monoisotopic (exact) mass is 367 g/mol. The molecule has 3 N–H and O–H groups in total. The number of carbonyl (C=O) groups excluding carboxylic acids is 2. The molecule has 126 valence electrons. The molecule has 0 radical (unpaired) electrons. The predicted octanol–water partition coefficient (Wildman–Crippen LogP) is 3.76. The van der Waals surface area contributed by atoms with Gasteiger partial charge in [-0.1, -0.05) is 29.3 Å². The van der Waals surface area contributed by atoms with Gasteiger partial charge in [0, 0.05) is 16.8 Å². The van der Waals surface area contributed by atoms with Gasteiger partial charge in [0.15, 0.2) is 0 Å². The van der Waals surface area contributed by atoms with Crippen molar-refractivity contribution >= 4 is 46.5 Å². The molecule has 0 spiro atoms. The highest BCUT2D eigenvalue weighted by Gasteiger charge is 2.09. The average Bonchev–Trinajstić information content (AvgIpc) is 2.56.